The molecule has 2 N–H and O–H groups in total. The van der Waals surface area contributed by atoms with Crippen molar-refractivity contribution in [2.45, 2.75) is 44.1 Å². The van der Waals surface area contributed by atoms with Gasteiger partial charge in [0.15, 0.2) is 9.84 Å². The number of anilines is 1. The van der Waals surface area contributed by atoms with Gasteiger partial charge < -0.3 is 32.3 Å². The molecule has 0 saturated carbocycles. The number of ether oxygens (including phenoxy) is 2. The molecule has 0 bridgehead atoms. The lowest BCUT2D eigenvalue weighted by atomic mass is 9.90. The normalized spacial score (nSPS) is 13.8. The van der Waals surface area contributed by atoms with Gasteiger partial charge >= 0.3 is 12.1 Å². The van der Waals surface area contributed by atoms with E-state index >= 15 is 0 Å². The molecule has 0 fully saturated rings. The molecule has 12 nitrogen and oxygen atoms in total. The van der Waals surface area contributed by atoms with Crippen LogP contribution < -0.4 is 27.2 Å². The summed E-state index contributed by atoms with van der Waals surface area (Å²) in [6.07, 6.45) is 1.72. The summed E-state index contributed by atoms with van der Waals surface area (Å²) in [6, 6.07) is 7.25. The number of benzene rings is 2. The second kappa shape index (κ2) is 16.5. The molecule has 1 heterocycles. The van der Waals surface area contributed by atoms with Gasteiger partial charge in [0.1, 0.15) is 30.4 Å². The lowest BCUT2D eigenvalue weighted by Gasteiger charge is -2.31. The van der Waals surface area contributed by atoms with Crippen LogP contribution in [0, 0.1) is 11.6 Å². The van der Waals surface area contributed by atoms with Crippen molar-refractivity contribution < 1.29 is 58.3 Å². The Hall–Kier alpha value is -3.08. The van der Waals surface area contributed by atoms with E-state index in [9.17, 15) is 31.9 Å². The van der Waals surface area contributed by atoms with Crippen LogP contribution in [0.25, 0.3) is 0 Å². The molecule has 0 radical (unpaired) electrons. The Kier molecular flexibility index (Phi) is 14.6. The number of likely N-dealkylation sites (N-methyl/N-ethyl adjacent to an activating group) is 1. The van der Waals surface area contributed by atoms with Gasteiger partial charge in [0.25, 0.3) is 6.33 Å². The molecular formula is C27H34Cl3F2N5O7S. The van der Waals surface area contributed by atoms with E-state index in [4.69, 9.17) is 21.1 Å². The molecule has 0 aliphatic rings. The van der Waals surface area contributed by atoms with Crippen LogP contribution in [0.5, 0.6) is 0 Å². The number of amides is 1. The second-order valence-corrected chi connectivity index (χ2v) is 12.7. The first-order valence-corrected chi connectivity index (χ1v) is 15.2. The molecule has 2 aromatic carbocycles. The van der Waals surface area contributed by atoms with E-state index < -0.39 is 62.7 Å². The Balaban J connectivity index is 0.00000506. The lowest BCUT2D eigenvalue weighted by Crippen LogP contribution is -3.00. The molecule has 3 atom stereocenters. The first-order chi connectivity index (χ1) is 20.1. The molecule has 18 heteroatoms. The minimum Gasteiger partial charge on any atom is -1.00 e. The molecule has 3 unspecified atom stereocenters. The molecule has 0 spiro atoms. The summed E-state index contributed by atoms with van der Waals surface area (Å²) in [6.45, 7) is 2.01. The number of aliphatic hydroxyl groups is 1. The SMILES string of the molecule is CNCC(=O)OCc1c(Cl)cccc1N(C)C(=O)OC(C)[n+]1cnn(CC(O)(c2ccc(F)cc2F)C(C)S(C)(=O)=O)c1.Cl.[Cl-]. The first-order valence-electron chi connectivity index (χ1n) is 12.9. The number of hydrogen-bond donors (Lipinski definition) is 2. The third kappa shape index (κ3) is 9.70. The van der Waals surface area contributed by atoms with Crippen molar-refractivity contribution in [3.8, 4) is 0 Å². The topological polar surface area (TPSA) is 144 Å². The van der Waals surface area contributed by atoms with E-state index in [1.807, 2.05) is 0 Å². The average molecular weight is 717 g/mol. The van der Waals surface area contributed by atoms with E-state index in [2.05, 4.69) is 10.4 Å². The Morgan fingerprint density at radius 1 is 1.24 bits per heavy atom. The summed E-state index contributed by atoms with van der Waals surface area (Å²) < 4.78 is 66.4. The molecule has 0 saturated heterocycles. The number of rotatable bonds is 12. The largest absolute Gasteiger partial charge is 1.00 e. The van der Waals surface area contributed by atoms with Crippen LogP contribution in [0.15, 0.2) is 49.1 Å². The van der Waals surface area contributed by atoms with E-state index in [-0.39, 0.29) is 43.0 Å². The van der Waals surface area contributed by atoms with Gasteiger partial charge in [-0.2, -0.15) is 4.57 Å². The molecular weight excluding hydrogens is 683 g/mol. The van der Waals surface area contributed by atoms with Crippen LogP contribution in [0.4, 0.5) is 19.3 Å². The van der Waals surface area contributed by atoms with Gasteiger partial charge in [0.05, 0.1) is 17.5 Å². The summed E-state index contributed by atoms with van der Waals surface area (Å²) in [7, 11) is -0.873. The van der Waals surface area contributed by atoms with E-state index in [1.54, 1.807) is 25.2 Å². The summed E-state index contributed by atoms with van der Waals surface area (Å²) in [5.74, 6) is -2.53. The number of carbonyl (C=O) groups excluding carboxylic acids is 2. The van der Waals surface area contributed by atoms with Crippen LogP contribution in [-0.4, -0.2) is 67.5 Å². The molecule has 0 aliphatic carbocycles. The highest BCUT2D eigenvalue weighted by molar-refractivity contribution is 7.91. The monoisotopic (exact) mass is 715 g/mol. The van der Waals surface area contributed by atoms with Crippen molar-refractivity contribution in [2.24, 2.45) is 0 Å². The van der Waals surface area contributed by atoms with Gasteiger partial charge in [-0.3, -0.25) is 9.69 Å². The third-order valence-corrected chi connectivity index (χ3v) is 8.86. The molecule has 3 aromatic rings. The molecule has 250 valence electrons. The van der Waals surface area contributed by atoms with Crippen molar-refractivity contribution in [3.63, 3.8) is 0 Å². The van der Waals surface area contributed by atoms with Crippen LogP contribution in [0.3, 0.4) is 0 Å². The Labute approximate surface area is 277 Å². The molecule has 0 aliphatic heterocycles. The Morgan fingerprint density at radius 2 is 1.91 bits per heavy atom. The number of sulfone groups is 1. The second-order valence-electron chi connectivity index (χ2n) is 9.88. The highest BCUT2D eigenvalue weighted by Gasteiger charge is 2.46. The zero-order valence-corrected chi connectivity index (χ0v) is 28.1. The van der Waals surface area contributed by atoms with E-state index in [1.165, 1.54) is 43.0 Å². The van der Waals surface area contributed by atoms with Crippen molar-refractivity contribution >= 4 is 51.6 Å². The summed E-state index contributed by atoms with van der Waals surface area (Å²) in [5, 5.41) is 17.1. The maximum atomic E-state index is 14.7. The number of nitrogens with zero attached hydrogens (tertiary/aromatic N) is 4. The van der Waals surface area contributed by atoms with Crippen molar-refractivity contribution in [3.05, 3.63) is 76.8 Å². The molecule has 45 heavy (non-hydrogen) atoms. The maximum Gasteiger partial charge on any atom is 0.416 e. The van der Waals surface area contributed by atoms with Crippen LogP contribution in [0.2, 0.25) is 5.02 Å². The number of nitrogens with one attached hydrogen (secondary N) is 1. The van der Waals surface area contributed by atoms with Gasteiger partial charge in [-0.1, -0.05) is 23.7 Å². The Bertz CT molecular complexity index is 1600. The fraction of sp³-hybridized carbons (Fsp3) is 0.407. The summed E-state index contributed by atoms with van der Waals surface area (Å²) >= 11 is 6.31. The Morgan fingerprint density at radius 3 is 2.51 bits per heavy atom. The minimum atomic E-state index is -3.91. The molecule has 3 rings (SSSR count). The van der Waals surface area contributed by atoms with E-state index in [0.717, 1.165) is 23.1 Å². The number of carbonyl (C=O) groups is 2. The standard InChI is InChI=1S/C27H33ClF2N5O7S.2ClH/c1-17(43(5,39)40)27(38,21-10-9-19(29)11-23(21)30)14-35-16-34(15-32-35)18(2)42-26(37)33(4)24-8-6-7-22(28)20(24)13-41-25(36)12-31-3;;/h6-11,15-18,31,38H,12-14H2,1-5H3;2*1H/q+1;;/p-1. The fourth-order valence-electron chi connectivity index (χ4n) is 4.22. The van der Waals surface area contributed by atoms with Crippen molar-refractivity contribution in [1.29, 1.82) is 0 Å². The third-order valence-electron chi connectivity index (χ3n) is 6.83. The number of halogens is 5. The van der Waals surface area contributed by atoms with Crippen LogP contribution in [-0.2, 0) is 42.9 Å². The van der Waals surface area contributed by atoms with Crippen molar-refractivity contribution in [2.75, 3.05) is 31.8 Å². The smallest absolute Gasteiger partial charge is 0.416 e. The fourth-order valence-corrected chi connectivity index (χ4v) is 5.35. The number of esters is 1. The molecule has 1 aromatic heterocycles. The summed E-state index contributed by atoms with van der Waals surface area (Å²) in [5.41, 5.74) is -2.05. The highest BCUT2D eigenvalue weighted by atomic mass is 35.5. The van der Waals surface area contributed by atoms with Gasteiger partial charge in [0, 0.05) is 47.5 Å². The van der Waals surface area contributed by atoms with Gasteiger partial charge in [-0.25, -0.2) is 22.0 Å². The summed E-state index contributed by atoms with van der Waals surface area (Å²) in [4.78, 5) is 26.0. The average Bonchev–Trinajstić information content (AvgIpc) is 3.39. The molecule has 1 amide bonds. The van der Waals surface area contributed by atoms with Crippen LogP contribution in [0.1, 0.15) is 31.2 Å². The van der Waals surface area contributed by atoms with Crippen LogP contribution >= 0.6 is 24.0 Å². The van der Waals surface area contributed by atoms with Crippen molar-refractivity contribution in [1.82, 2.24) is 15.1 Å². The number of hydrogen-bond acceptors (Lipinski definition) is 9. The predicted molar refractivity (Wildman–Crippen MR) is 159 cm³/mol. The predicted octanol–water partition coefficient (Wildman–Crippen LogP) is -0.0970. The minimum absolute atomic E-state index is 0. The zero-order chi connectivity index (χ0) is 32.1. The highest BCUT2D eigenvalue weighted by Crippen LogP contribution is 2.33. The zero-order valence-electron chi connectivity index (χ0n) is 24.9. The maximum absolute atomic E-state index is 14.7. The number of aromatic nitrogens is 3. The van der Waals surface area contributed by atoms with Gasteiger partial charge in [0.2, 0.25) is 12.6 Å². The first kappa shape index (κ1) is 39.9. The lowest BCUT2D eigenvalue weighted by molar-refractivity contribution is -0.753. The quantitative estimate of drug-likeness (QED) is 0.194. The van der Waals surface area contributed by atoms with E-state index in [0.29, 0.717) is 17.3 Å². The van der Waals surface area contributed by atoms with Gasteiger partial charge in [-0.05, 0) is 32.2 Å². The van der Waals surface area contributed by atoms with Gasteiger partial charge in [-0.15, -0.1) is 17.1 Å².